The van der Waals surface area contributed by atoms with Crippen molar-refractivity contribution in [1.29, 1.82) is 0 Å². The normalized spacial score (nSPS) is 23.4. The molecule has 1 N–H and O–H groups in total. The van der Waals surface area contributed by atoms with E-state index in [0.29, 0.717) is 69.7 Å². The van der Waals surface area contributed by atoms with Gasteiger partial charge in [-0.3, -0.25) is 28.8 Å². The van der Waals surface area contributed by atoms with Crippen molar-refractivity contribution in [3.63, 3.8) is 0 Å². The van der Waals surface area contributed by atoms with Gasteiger partial charge in [0.25, 0.3) is 0 Å². The maximum Gasteiger partial charge on any atom is 0.328 e. The average Bonchev–Trinajstić information content (AvgIpc) is 1.58. The first-order chi connectivity index (χ1) is 43.5. The Kier molecular flexibility index (Phi) is 26.1. The summed E-state index contributed by atoms with van der Waals surface area (Å²) in [5, 5.41) is 12.2. The molecule has 4 heterocycles. The molecule has 0 unspecified atom stereocenters. The Balaban J connectivity index is 0.784. The first-order valence-electron chi connectivity index (χ1n) is 30.8. The molecule has 23 heteroatoms. The Bertz CT molecular complexity index is 3200. The molecule has 0 spiro atoms. The molecule has 4 aliphatic rings. The Hall–Kier alpha value is -7.20. The highest BCUT2D eigenvalue weighted by atomic mass is 35.5. The summed E-state index contributed by atoms with van der Waals surface area (Å²) in [5.41, 5.74) is 2.38. The van der Waals surface area contributed by atoms with Gasteiger partial charge in [-0.15, -0.1) is 0 Å². The minimum atomic E-state index is -1.63. The SMILES string of the molecule is COc1cc2cc(c1Cl)N(C)C(=O)C[C@H](OC(=O)[C@H](C)N(C)C(=O)CCCC(=O)N(C)CCOCCOCCOCCOCCC(=O)N(C)CC(=O)N1Cc3ccccc3C#Cc3ccccc31)[C@]1(C)O[C@H]1[C@H](C)[C@@H]1C[C@@](O)(CC(=O)O1)[C@H](OC)/C=C/C=C(\C)C2. The lowest BCUT2D eigenvalue weighted by Crippen LogP contribution is -2.53. The number of hydrogen-bond acceptors (Lipinski definition) is 17. The number of epoxide rings is 1. The minimum Gasteiger partial charge on any atom is -0.495 e. The van der Waals surface area contributed by atoms with Crippen LogP contribution in [0.1, 0.15) is 94.9 Å². The van der Waals surface area contributed by atoms with Gasteiger partial charge in [-0.25, -0.2) is 4.79 Å². The van der Waals surface area contributed by atoms with Gasteiger partial charge < -0.3 is 72.2 Å². The number of halogens is 1. The number of allylic oxidation sites excluding steroid dienone is 3. The summed E-state index contributed by atoms with van der Waals surface area (Å²) in [6.45, 7) is 9.75. The number of esters is 2. The average molecular weight is 1280 g/mol. The topological polar surface area (TPSA) is 242 Å². The van der Waals surface area contributed by atoms with Crippen molar-refractivity contribution in [3.05, 3.63) is 112 Å². The number of aliphatic hydroxyl groups is 1. The predicted octanol–water partition coefficient (Wildman–Crippen LogP) is 6.25. The third kappa shape index (κ3) is 19.2. The second kappa shape index (κ2) is 33.4. The Morgan fingerprint density at radius 2 is 1.45 bits per heavy atom. The number of hydrogen-bond donors (Lipinski definition) is 1. The highest BCUT2D eigenvalue weighted by Crippen LogP contribution is 2.50. The lowest BCUT2D eigenvalue weighted by Gasteiger charge is -2.41. The van der Waals surface area contributed by atoms with Gasteiger partial charge in [0.05, 0.1) is 110 Å². The van der Waals surface area contributed by atoms with E-state index in [4.69, 9.17) is 54.2 Å². The van der Waals surface area contributed by atoms with Crippen molar-refractivity contribution in [2.24, 2.45) is 5.92 Å². The highest BCUT2D eigenvalue weighted by molar-refractivity contribution is 6.35. The van der Waals surface area contributed by atoms with Gasteiger partial charge >= 0.3 is 11.9 Å². The highest BCUT2D eigenvalue weighted by Gasteiger charge is 2.64. The zero-order valence-corrected chi connectivity index (χ0v) is 54.8. The predicted molar refractivity (Wildman–Crippen MR) is 339 cm³/mol. The molecule has 0 radical (unpaired) electrons. The summed E-state index contributed by atoms with van der Waals surface area (Å²) in [6.07, 6.45) is 1.82. The molecule has 4 bridgehead atoms. The molecule has 3 aromatic rings. The number of ether oxygens (including phenoxy) is 9. The van der Waals surface area contributed by atoms with Gasteiger partial charge in [-0.2, -0.15) is 0 Å². The molecule has 5 amide bonds. The van der Waals surface area contributed by atoms with Gasteiger partial charge in [-0.05, 0) is 75.1 Å². The number of fused-ring (bicyclic) bond motifs is 7. The van der Waals surface area contributed by atoms with Crippen LogP contribution in [0.5, 0.6) is 5.75 Å². The number of amides is 5. The van der Waals surface area contributed by atoms with Crippen LogP contribution in [0, 0.1) is 17.8 Å². The fraction of sp³-hybridized carbons (Fsp3) is 0.544. The van der Waals surface area contributed by atoms with Crippen LogP contribution in [-0.2, 0) is 84.4 Å². The third-order valence-corrected chi connectivity index (χ3v) is 17.5. The molecule has 4 aliphatic heterocycles. The van der Waals surface area contributed by atoms with E-state index in [1.165, 1.54) is 47.8 Å². The molecule has 7 rings (SSSR count). The van der Waals surface area contributed by atoms with E-state index in [9.17, 15) is 38.7 Å². The minimum absolute atomic E-state index is 0.0136. The van der Waals surface area contributed by atoms with Gasteiger partial charge in [0.15, 0.2) is 0 Å². The quantitative estimate of drug-likeness (QED) is 0.0404. The first kappa shape index (κ1) is 71.2. The zero-order valence-electron chi connectivity index (χ0n) is 54.0. The molecule has 22 nitrogen and oxygen atoms in total. The summed E-state index contributed by atoms with van der Waals surface area (Å²) >= 11 is 6.84. The Morgan fingerprint density at radius 1 is 0.824 bits per heavy atom. The molecule has 0 aliphatic carbocycles. The van der Waals surface area contributed by atoms with E-state index < -0.39 is 71.3 Å². The number of carbonyl (C=O) groups is 7. The van der Waals surface area contributed by atoms with Crippen LogP contribution in [0.4, 0.5) is 11.4 Å². The van der Waals surface area contributed by atoms with Crippen LogP contribution in [0.2, 0.25) is 5.02 Å². The van der Waals surface area contributed by atoms with E-state index in [1.54, 1.807) is 64.2 Å². The number of rotatable bonds is 26. The summed E-state index contributed by atoms with van der Waals surface area (Å²) in [7, 11) is 9.21. The Morgan fingerprint density at radius 3 is 2.14 bits per heavy atom. The first-order valence-corrected chi connectivity index (χ1v) is 31.2. The molecule has 0 saturated carbocycles. The summed E-state index contributed by atoms with van der Waals surface area (Å²) in [6, 6.07) is 17.7. The van der Waals surface area contributed by atoms with E-state index in [0.717, 1.165) is 27.8 Å². The van der Waals surface area contributed by atoms with Gasteiger partial charge in [0, 0.05) is 78.2 Å². The number of carbonyl (C=O) groups excluding carboxylic acids is 7. The molecule has 494 valence electrons. The van der Waals surface area contributed by atoms with Crippen LogP contribution in [0.25, 0.3) is 0 Å². The molecule has 0 aromatic heterocycles. The largest absolute Gasteiger partial charge is 0.495 e. The summed E-state index contributed by atoms with van der Waals surface area (Å²) < 4.78 is 52.2. The number of anilines is 2. The Labute approximate surface area is 538 Å². The summed E-state index contributed by atoms with van der Waals surface area (Å²) in [5.74, 6) is 3.25. The van der Waals surface area contributed by atoms with E-state index in [-0.39, 0.29) is 94.1 Å². The number of methoxy groups -OCH3 is 2. The van der Waals surface area contributed by atoms with E-state index >= 15 is 0 Å². The maximum atomic E-state index is 14.4. The molecule has 91 heavy (non-hydrogen) atoms. The van der Waals surface area contributed by atoms with Crippen molar-refractivity contribution in [3.8, 4) is 17.6 Å². The van der Waals surface area contributed by atoms with Gasteiger partial charge in [0.2, 0.25) is 29.5 Å². The second-order valence-electron chi connectivity index (χ2n) is 23.7. The number of benzene rings is 3. The second-order valence-corrected chi connectivity index (χ2v) is 24.1. The van der Waals surface area contributed by atoms with Gasteiger partial charge in [-0.1, -0.05) is 84.5 Å². The van der Waals surface area contributed by atoms with Crippen LogP contribution in [0.3, 0.4) is 0 Å². The van der Waals surface area contributed by atoms with E-state index in [2.05, 4.69) is 11.8 Å². The number of nitrogens with zero attached hydrogens (tertiary/aromatic N) is 5. The van der Waals surface area contributed by atoms with Gasteiger partial charge in [0.1, 0.15) is 46.3 Å². The third-order valence-electron chi connectivity index (χ3n) is 17.1. The van der Waals surface area contributed by atoms with Crippen molar-refractivity contribution in [2.45, 2.75) is 127 Å². The lowest BCUT2D eigenvalue weighted by molar-refractivity contribution is -0.187. The van der Waals surface area contributed by atoms with Crippen LogP contribution in [0.15, 0.2) is 84.5 Å². The maximum absolute atomic E-state index is 14.4. The van der Waals surface area contributed by atoms with Crippen molar-refractivity contribution in [2.75, 3.05) is 118 Å². The van der Waals surface area contributed by atoms with Crippen molar-refractivity contribution in [1.82, 2.24) is 14.7 Å². The van der Waals surface area contributed by atoms with Crippen LogP contribution >= 0.6 is 11.6 Å². The molecule has 3 aromatic carbocycles. The van der Waals surface area contributed by atoms with Crippen LogP contribution in [-0.4, -0.2) is 211 Å². The molecular formula is C68H88ClN5O17. The van der Waals surface area contributed by atoms with Crippen LogP contribution < -0.4 is 14.5 Å². The standard InChI is InChI=1S/C68H88ClN5O17/c1-45-17-15-22-56(84-10)68(82)41-55(89-63(80)42-68)46(2)65-67(4,91-65)57(40-61(78)73(8)53-38-48(37-45)39-54(83-9)64(53)69)90-66(81)47(3)72(7)60(77)24-16-23-58(75)70(5)28-30-86-32-34-88-36-35-87-33-31-85-29-27-59(76)71(6)44-62(79)74-43-51-20-12-11-18-49(51)25-26-50-19-13-14-21-52(50)74/h11-15,17-22,38-39,46-47,55-57,65,82H,16,23-24,27-37,40-44H2,1-10H3/b22-15+,45-17+/t46-,47+,55+,56-,57+,65+,67+,68-/m1/s1. The molecule has 8 atom stereocenters. The molecule has 2 fully saturated rings. The number of para-hydroxylation sites is 1. The monoisotopic (exact) mass is 1280 g/mol. The molecular weight excluding hydrogens is 1190 g/mol. The fourth-order valence-electron chi connectivity index (χ4n) is 11.3. The fourth-order valence-corrected chi connectivity index (χ4v) is 11.6. The lowest BCUT2D eigenvalue weighted by atomic mass is 9.78. The van der Waals surface area contributed by atoms with Crippen molar-refractivity contribution < 1.29 is 81.3 Å². The van der Waals surface area contributed by atoms with Crippen molar-refractivity contribution >= 4 is 64.5 Å². The molecule has 2 saturated heterocycles. The number of likely N-dealkylation sites (N-methyl/N-ethyl adjacent to an activating group) is 3. The smallest absolute Gasteiger partial charge is 0.328 e. The zero-order chi connectivity index (χ0) is 66.0. The summed E-state index contributed by atoms with van der Waals surface area (Å²) in [4.78, 5) is 102. The van der Waals surface area contributed by atoms with E-state index in [1.807, 2.05) is 61.5 Å².